The Morgan fingerprint density at radius 1 is 1.69 bits per heavy atom. The molecule has 0 aliphatic rings. The molecule has 0 fully saturated rings. The number of nitrogens with zero attached hydrogens (tertiary/aromatic N) is 1. The number of aliphatic hydroxyl groups excluding tert-OH is 1. The van der Waals surface area contributed by atoms with E-state index in [0.717, 1.165) is 5.69 Å². The third kappa shape index (κ3) is 3.18. The fourth-order valence-corrected chi connectivity index (χ4v) is 1.53. The Kier molecular flexibility index (Phi) is 4.71. The van der Waals surface area contributed by atoms with Crippen LogP contribution in [0.1, 0.15) is 29.4 Å². The molecule has 5 heteroatoms. The van der Waals surface area contributed by atoms with Crippen molar-refractivity contribution < 1.29 is 9.90 Å². The van der Waals surface area contributed by atoms with Gasteiger partial charge in [-0.3, -0.25) is 9.78 Å². The summed E-state index contributed by atoms with van der Waals surface area (Å²) in [7, 11) is 0. The summed E-state index contributed by atoms with van der Waals surface area (Å²) < 4.78 is 0. The molecule has 2 N–H and O–H groups in total. The molecule has 1 aromatic rings. The third-order valence-corrected chi connectivity index (χ3v) is 2.60. The molecule has 0 aliphatic heterocycles. The van der Waals surface area contributed by atoms with Crippen LogP contribution < -0.4 is 5.32 Å². The number of hydrogen-bond donors (Lipinski definition) is 2. The van der Waals surface area contributed by atoms with Crippen LogP contribution in [-0.2, 0) is 0 Å². The summed E-state index contributed by atoms with van der Waals surface area (Å²) in [6, 6.07) is 1.39. The van der Waals surface area contributed by atoms with Crippen molar-refractivity contribution in [2.45, 2.75) is 26.3 Å². The zero-order valence-corrected chi connectivity index (χ0v) is 10.1. The Morgan fingerprint density at radius 2 is 2.38 bits per heavy atom. The Morgan fingerprint density at radius 3 is 2.88 bits per heavy atom. The molecule has 1 amide bonds. The lowest BCUT2D eigenvalue weighted by Gasteiger charge is -2.14. The van der Waals surface area contributed by atoms with Crippen LogP contribution in [0, 0.1) is 6.92 Å². The van der Waals surface area contributed by atoms with Gasteiger partial charge < -0.3 is 10.4 Å². The van der Waals surface area contributed by atoms with Gasteiger partial charge in [-0.05, 0) is 19.4 Å². The lowest BCUT2D eigenvalue weighted by atomic mass is 10.2. The minimum absolute atomic E-state index is 0.0842. The van der Waals surface area contributed by atoms with Crippen LogP contribution in [-0.4, -0.2) is 28.6 Å². The lowest BCUT2D eigenvalue weighted by molar-refractivity contribution is 0.0914. The van der Waals surface area contributed by atoms with Gasteiger partial charge >= 0.3 is 0 Å². The van der Waals surface area contributed by atoms with E-state index in [0.29, 0.717) is 17.0 Å². The summed E-state index contributed by atoms with van der Waals surface area (Å²) in [5.74, 6) is -0.307. The first-order chi connectivity index (χ1) is 7.58. The monoisotopic (exact) mass is 242 g/mol. The van der Waals surface area contributed by atoms with Crippen LogP contribution in [0.2, 0.25) is 5.02 Å². The van der Waals surface area contributed by atoms with Crippen LogP contribution in [0.4, 0.5) is 0 Å². The van der Waals surface area contributed by atoms with Crippen LogP contribution in [0.25, 0.3) is 0 Å². The highest BCUT2D eigenvalue weighted by Gasteiger charge is 2.14. The molecule has 1 heterocycles. The van der Waals surface area contributed by atoms with Crippen LogP contribution in [0.5, 0.6) is 0 Å². The van der Waals surface area contributed by atoms with Crippen molar-refractivity contribution in [3.05, 3.63) is 28.5 Å². The number of aromatic nitrogens is 1. The van der Waals surface area contributed by atoms with E-state index in [1.807, 2.05) is 6.92 Å². The molecule has 1 atom stereocenters. The van der Waals surface area contributed by atoms with E-state index in [9.17, 15) is 4.79 Å². The highest BCUT2D eigenvalue weighted by molar-refractivity contribution is 6.33. The second kappa shape index (κ2) is 5.82. The number of carbonyl (C=O) groups excluding carboxylic acids is 1. The number of aryl methyl sites for hydroxylation is 1. The SMILES string of the molecule is CCC(CO)NC(=O)c1cnc(C)cc1Cl. The molecule has 0 aromatic carbocycles. The summed E-state index contributed by atoms with van der Waals surface area (Å²) in [5.41, 5.74) is 1.09. The average Bonchev–Trinajstić information content (AvgIpc) is 2.25. The highest BCUT2D eigenvalue weighted by atomic mass is 35.5. The van der Waals surface area contributed by atoms with Crippen molar-refractivity contribution in [2.75, 3.05) is 6.61 Å². The van der Waals surface area contributed by atoms with Crippen molar-refractivity contribution in [3.63, 3.8) is 0 Å². The molecule has 4 nitrogen and oxygen atoms in total. The summed E-state index contributed by atoms with van der Waals surface area (Å²) in [6.07, 6.45) is 2.11. The number of nitrogens with one attached hydrogen (secondary N) is 1. The Hall–Kier alpha value is -1.13. The maximum atomic E-state index is 11.8. The van der Waals surface area contributed by atoms with E-state index in [1.54, 1.807) is 13.0 Å². The number of halogens is 1. The van der Waals surface area contributed by atoms with Crippen LogP contribution in [0.15, 0.2) is 12.3 Å². The maximum absolute atomic E-state index is 11.8. The smallest absolute Gasteiger partial charge is 0.254 e. The molecule has 0 spiro atoms. The van der Waals surface area contributed by atoms with Gasteiger partial charge in [-0.1, -0.05) is 18.5 Å². The first-order valence-electron chi connectivity index (χ1n) is 5.12. The molecule has 0 radical (unpaired) electrons. The minimum Gasteiger partial charge on any atom is -0.394 e. The Bertz CT molecular complexity index is 378. The number of carbonyl (C=O) groups is 1. The fourth-order valence-electron chi connectivity index (χ4n) is 1.23. The summed E-state index contributed by atoms with van der Waals surface area (Å²) >= 11 is 5.93. The molecule has 88 valence electrons. The first-order valence-corrected chi connectivity index (χ1v) is 5.50. The van der Waals surface area contributed by atoms with E-state index >= 15 is 0 Å². The van der Waals surface area contributed by atoms with E-state index in [4.69, 9.17) is 16.7 Å². The minimum atomic E-state index is -0.307. The summed E-state index contributed by atoms with van der Waals surface area (Å²) in [5, 5.41) is 12.0. The van der Waals surface area contributed by atoms with Crippen molar-refractivity contribution in [1.82, 2.24) is 10.3 Å². The van der Waals surface area contributed by atoms with Crippen molar-refractivity contribution >= 4 is 17.5 Å². The normalized spacial score (nSPS) is 12.2. The van der Waals surface area contributed by atoms with Crippen molar-refractivity contribution in [1.29, 1.82) is 0 Å². The number of pyridine rings is 1. The standard InChI is InChI=1S/C11H15ClN2O2/c1-3-8(6-15)14-11(16)9-5-13-7(2)4-10(9)12/h4-5,8,15H,3,6H2,1-2H3,(H,14,16). The van der Waals surface area contributed by atoms with Crippen molar-refractivity contribution in [3.8, 4) is 0 Å². The van der Waals surface area contributed by atoms with Gasteiger partial charge in [0.1, 0.15) is 0 Å². The highest BCUT2D eigenvalue weighted by Crippen LogP contribution is 2.15. The molecule has 0 aliphatic carbocycles. The molecule has 1 rings (SSSR count). The second-order valence-electron chi connectivity index (χ2n) is 3.57. The molecule has 0 saturated heterocycles. The molecule has 1 aromatic heterocycles. The van der Waals surface area contributed by atoms with E-state index in [-0.39, 0.29) is 18.6 Å². The van der Waals surface area contributed by atoms with Gasteiger partial charge in [0, 0.05) is 11.9 Å². The molecule has 0 bridgehead atoms. The summed E-state index contributed by atoms with van der Waals surface area (Å²) in [4.78, 5) is 15.8. The van der Waals surface area contributed by atoms with E-state index in [1.165, 1.54) is 6.20 Å². The molecule has 0 saturated carbocycles. The molecular formula is C11H15ClN2O2. The predicted molar refractivity (Wildman–Crippen MR) is 62.6 cm³/mol. The predicted octanol–water partition coefficient (Wildman–Crippen LogP) is 1.54. The number of aliphatic hydroxyl groups is 1. The lowest BCUT2D eigenvalue weighted by Crippen LogP contribution is -2.37. The van der Waals surface area contributed by atoms with Gasteiger partial charge in [-0.2, -0.15) is 0 Å². The molecule has 16 heavy (non-hydrogen) atoms. The van der Waals surface area contributed by atoms with Gasteiger partial charge in [0.25, 0.3) is 5.91 Å². The second-order valence-corrected chi connectivity index (χ2v) is 3.97. The van der Waals surface area contributed by atoms with Gasteiger partial charge in [-0.15, -0.1) is 0 Å². The Balaban J connectivity index is 2.80. The maximum Gasteiger partial charge on any atom is 0.254 e. The van der Waals surface area contributed by atoms with E-state index in [2.05, 4.69) is 10.3 Å². The first kappa shape index (κ1) is 12.9. The number of rotatable bonds is 4. The van der Waals surface area contributed by atoms with Gasteiger partial charge in [0.2, 0.25) is 0 Å². The number of amides is 1. The third-order valence-electron chi connectivity index (χ3n) is 2.28. The van der Waals surface area contributed by atoms with Crippen LogP contribution >= 0.6 is 11.6 Å². The van der Waals surface area contributed by atoms with E-state index < -0.39 is 0 Å². The number of hydrogen-bond acceptors (Lipinski definition) is 3. The molecular weight excluding hydrogens is 228 g/mol. The zero-order chi connectivity index (χ0) is 12.1. The molecule has 1 unspecified atom stereocenters. The fraction of sp³-hybridized carbons (Fsp3) is 0.455. The van der Waals surface area contributed by atoms with Crippen LogP contribution in [0.3, 0.4) is 0 Å². The zero-order valence-electron chi connectivity index (χ0n) is 9.33. The average molecular weight is 243 g/mol. The van der Waals surface area contributed by atoms with Gasteiger partial charge in [0.15, 0.2) is 0 Å². The largest absolute Gasteiger partial charge is 0.394 e. The topological polar surface area (TPSA) is 62.2 Å². The van der Waals surface area contributed by atoms with Gasteiger partial charge in [-0.25, -0.2) is 0 Å². The summed E-state index contributed by atoms with van der Waals surface area (Å²) in [6.45, 7) is 3.60. The quantitative estimate of drug-likeness (QED) is 0.842. The van der Waals surface area contributed by atoms with Gasteiger partial charge in [0.05, 0.1) is 23.2 Å². The Labute approximate surface area is 99.6 Å². The van der Waals surface area contributed by atoms with Crippen molar-refractivity contribution in [2.24, 2.45) is 0 Å².